The summed E-state index contributed by atoms with van der Waals surface area (Å²) in [7, 11) is 0. The summed E-state index contributed by atoms with van der Waals surface area (Å²) in [5, 5.41) is 4.90. The second-order valence-corrected chi connectivity index (χ2v) is 18.0. The Balaban J connectivity index is 1.06. The quantitative estimate of drug-likeness (QED) is 0.158. The highest BCUT2D eigenvalue weighted by molar-refractivity contribution is 6.14. The SMILES string of the molecule is c1ccc(N(c2ccc3c(c2)c2ccccc2n3-c2ccccc2)c2cccc3c2-c2ccccc2C32c3ccccc3-c3c2cc(N(c2ccccc2)c2ccccc2)c2ccccc32)cc1. The highest BCUT2D eigenvalue weighted by Gasteiger charge is 2.53. The predicted octanol–water partition coefficient (Wildman–Crippen LogP) is 17.2. The first kappa shape index (κ1) is 38.4. The molecule has 1 unspecified atom stereocenters. The molecule has 318 valence electrons. The second kappa shape index (κ2) is 15.1. The minimum absolute atomic E-state index is 0.610. The van der Waals surface area contributed by atoms with Crippen LogP contribution in [0.5, 0.6) is 0 Å². The zero-order chi connectivity index (χ0) is 44.8. The van der Waals surface area contributed by atoms with Gasteiger partial charge in [-0.1, -0.05) is 176 Å². The fraction of sp³-hybridized carbons (Fsp3) is 0.0154. The lowest BCUT2D eigenvalue weighted by molar-refractivity contribution is 0.794. The Bertz CT molecular complexity index is 3870. The van der Waals surface area contributed by atoms with Crippen molar-refractivity contribution in [1.29, 1.82) is 0 Å². The van der Waals surface area contributed by atoms with Gasteiger partial charge < -0.3 is 14.4 Å². The molecule has 0 radical (unpaired) electrons. The Labute approximate surface area is 395 Å². The predicted molar refractivity (Wildman–Crippen MR) is 284 cm³/mol. The van der Waals surface area contributed by atoms with Crippen molar-refractivity contribution < 1.29 is 0 Å². The summed E-state index contributed by atoms with van der Waals surface area (Å²) >= 11 is 0. The third-order valence-corrected chi connectivity index (χ3v) is 14.5. The van der Waals surface area contributed by atoms with Gasteiger partial charge in [0.25, 0.3) is 0 Å². The first-order chi connectivity index (χ1) is 33.8. The lowest BCUT2D eigenvalue weighted by Gasteiger charge is -2.33. The molecule has 1 spiro atoms. The monoisotopic (exact) mass is 865 g/mol. The van der Waals surface area contributed by atoms with Crippen LogP contribution in [0.2, 0.25) is 0 Å². The van der Waals surface area contributed by atoms with Crippen LogP contribution >= 0.6 is 0 Å². The largest absolute Gasteiger partial charge is 0.310 e. The maximum Gasteiger partial charge on any atom is 0.0727 e. The molecule has 0 fully saturated rings. The van der Waals surface area contributed by atoms with Crippen LogP contribution in [0.25, 0.3) is 60.5 Å². The Hall–Kier alpha value is -8.92. The van der Waals surface area contributed by atoms with E-state index in [4.69, 9.17) is 0 Å². The minimum atomic E-state index is -0.610. The lowest BCUT2D eigenvalue weighted by atomic mass is 9.70. The summed E-state index contributed by atoms with van der Waals surface area (Å²) in [5.74, 6) is 0. The molecule has 0 aliphatic heterocycles. The van der Waals surface area contributed by atoms with Crippen LogP contribution in [-0.4, -0.2) is 4.57 Å². The molecule has 1 heterocycles. The van der Waals surface area contributed by atoms with E-state index in [0.29, 0.717) is 0 Å². The second-order valence-electron chi connectivity index (χ2n) is 18.0. The molecule has 0 bridgehead atoms. The number of hydrogen-bond acceptors (Lipinski definition) is 2. The van der Waals surface area contributed by atoms with Crippen LogP contribution in [0.15, 0.2) is 261 Å². The average molecular weight is 866 g/mol. The molecule has 0 amide bonds. The van der Waals surface area contributed by atoms with Gasteiger partial charge in [0.1, 0.15) is 0 Å². The Kier molecular flexibility index (Phi) is 8.50. The maximum absolute atomic E-state index is 2.53. The first-order valence-electron chi connectivity index (χ1n) is 23.5. The van der Waals surface area contributed by atoms with Crippen molar-refractivity contribution in [2.24, 2.45) is 0 Å². The number of hydrogen-bond donors (Lipinski definition) is 0. The number of benzene rings is 11. The zero-order valence-corrected chi connectivity index (χ0v) is 37.2. The van der Waals surface area contributed by atoms with Crippen LogP contribution < -0.4 is 9.80 Å². The molecule has 0 N–H and O–H groups in total. The molecular weight excluding hydrogens is 823 g/mol. The summed E-state index contributed by atoms with van der Waals surface area (Å²) in [6, 6.07) is 96.1. The van der Waals surface area contributed by atoms with E-state index in [-0.39, 0.29) is 0 Å². The van der Waals surface area contributed by atoms with Crippen LogP contribution in [-0.2, 0) is 5.41 Å². The molecule has 3 heteroatoms. The first-order valence-corrected chi connectivity index (χ1v) is 23.5. The van der Waals surface area contributed by atoms with Gasteiger partial charge in [-0.15, -0.1) is 0 Å². The van der Waals surface area contributed by atoms with Gasteiger partial charge in [0.05, 0.1) is 27.8 Å². The average Bonchev–Trinajstić information content (AvgIpc) is 4.02. The Morgan fingerprint density at radius 1 is 0.279 bits per heavy atom. The van der Waals surface area contributed by atoms with Gasteiger partial charge in [0.15, 0.2) is 0 Å². The molecule has 12 aromatic rings. The molecule has 14 rings (SSSR count). The molecule has 1 aromatic heterocycles. The fourth-order valence-electron chi connectivity index (χ4n) is 11.9. The van der Waals surface area contributed by atoms with Crippen molar-refractivity contribution in [3.63, 3.8) is 0 Å². The number of fused-ring (bicyclic) bond motifs is 15. The molecule has 0 saturated heterocycles. The molecule has 11 aromatic carbocycles. The molecule has 2 aliphatic carbocycles. The highest BCUT2D eigenvalue weighted by Crippen LogP contribution is 2.66. The van der Waals surface area contributed by atoms with Gasteiger partial charge in [-0.05, 0) is 129 Å². The summed E-state index contributed by atoms with van der Waals surface area (Å²) in [6.07, 6.45) is 0. The van der Waals surface area contributed by atoms with Crippen molar-refractivity contribution in [1.82, 2.24) is 4.57 Å². The van der Waals surface area contributed by atoms with Crippen LogP contribution in [0, 0.1) is 0 Å². The van der Waals surface area contributed by atoms with E-state index >= 15 is 0 Å². The van der Waals surface area contributed by atoms with E-state index in [1.165, 1.54) is 77.1 Å². The van der Waals surface area contributed by atoms with E-state index in [2.05, 4.69) is 275 Å². The highest BCUT2D eigenvalue weighted by atomic mass is 15.2. The summed E-state index contributed by atoms with van der Waals surface area (Å²) in [5.41, 5.74) is 19.9. The van der Waals surface area contributed by atoms with Crippen molar-refractivity contribution >= 4 is 66.7 Å². The molecular formula is C65H43N3. The van der Waals surface area contributed by atoms with E-state index in [0.717, 1.165) is 39.8 Å². The number of nitrogens with zero attached hydrogens (tertiary/aromatic N) is 3. The number of aromatic nitrogens is 1. The zero-order valence-electron chi connectivity index (χ0n) is 37.2. The molecule has 2 aliphatic rings. The Morgan fingerprint density at radius 2 is 0.765 bits per heavy atom. The van der Waals surface area contributed by atoms with Gasteiger partial charge in [-0.3, -0.25) is 0 Å². The number of para-hydroxylation sites is 5. The van der Waals surface area contributed by atoms with Gasteiger partial charge in [0, 0.05) is 50.2 Å². The summed E-state index contributed by atoms with van der Waals surface area (Å²) in [4.78, 5) is 4.93. The number of rotatable bonds is 7. The minimum Gasteiger partial charge on any atom is -0.310 e. The third-order valence-electron chi connectivity index (χ3n) is 14.5. The molecule has 3 nitrogen and oxygen atoms in total. The fourth-order valence-corrected chi connectivity index (χ4v) is 11.9. The smallest absolute Gasteiger partial charge is 0.0727 e. The van der Waals surface area contributed by atoms with Gasteiger partial charge >= 0.3 is 0 Å². The van der Waals surface area contributed by atoms with E-state index in [1.807, 2.05) is 0 Å². The summed E-state index contributed by atoms with van der Waals surface area (Å²) < 4.78 is 2.39. The maximum atomic E-state index is 2.53. The van der Waals surface area contributed by atoms with Gasteiger partial charge in [-0.2, -0.15) is 0 Å². The van der Waals surface area contributed by atoms with E-state index in [1.54, 1.807) is 0 Å². The topological polar surface area (TPSA) is 11.4 Å². The van der Waals surface area contributed by atoms with Crippen LogP contribution in [0.1, 0.15) is 22.3 Å². The van der Waals surface area contributed by atoms with Crippen molar-refractivity contribution in [3.05, 3.63) is 283 Å². The third kappa shape index (κ3) is 5.41. The van der Waals surface area contributed by atoms with Crippen molar-refractivity contribution in [3.8, 4) is 27.9 Å². The Morgan fingerprint density at radius 3 is 1.41 bits per heavy atom. The molecule has 68 heavy (non-hydrogen) atoms. The lowest BCUT2D eigenvalue weighted by Crippen LogP contribution is -2.26. The van der Waals surface area contributed by atoms with Gasteiger partial charge in [-0.25, -0.2) is 0 Å². The standard InChI is InChI=1S/C65H43N3/c1-5-22-44(23-6-1)66(45-24-7-2-8-25-45)62-43-58-63(51-32-14-13-30-49(51)62)52-33-15-18-35-55(52)65(58)56-36-19-16-34-53(56)64-57(65)37-21-39-61(64)67(46-26-9-3-10-27-46)48-40-41-60-54(42-48)50-31-17-20-38-59(50)68(60)47-28-11-4-12-29-47/h1-43H. The van der Waals surface area contributed by atoms with E-state index < -0.39 is 5.41 Å². The van der Waals surface area contributed by atoms with Crippen LogP contribution in [0.4, 0.5) is 34.1 Å². The van der Waals surface area contributed by atoms with Gasteiger partial charge in [0.2, 0.25) is 0 Å². The van der Waals surface area contributed by atoms with E-state index in [9.17, 15) is 0 Å². The van der Waals surface area contributed by atoms with Crippen LogP contribution in [0.3, 0.4) is 0 Å². The normalized spacial score (nSPS) is 14.2. The summed E-state index contributed by atoms with van der Waals surface area (Å²) in [6.45, 7) is 0. The van der Waals surface area contributed by atoms with Crippen molar-refractivity contribution in [2.45, 2.75) is 5.41 Å². The molecule has 0 saturated carbocycles. The van der Waals surface area contributed by atoms with Crippen molar-refractivity contribution in [2.75, 3.05) is 9.80 Å². The number of anilines is 6. The molecule has 1 atom stereocenters.